The molecule has 4 aliphatic rings. The molecular weight excluding hydrogens is 621 g/mol. The van der Waals surface area contributed by atoms with Gasteiger partial charge in [-0.1, -0.05) is 176 Å². The first-order valence-electron chi connectivity index (χ1n) is 23.9. The minimum atomic E-state index is 0.118. The molecule has 1 unspecified atom stereocenters. The number of rotatable bonds is 26. The number of carbonyl (C=O) groups excluding carboxylic acids is 1. The molecule has 0 aromatic carbocycles. The normalized spacial score (nSPS) is 32.4. The highest BCUT2D eigenvalue weighted by atomic mass is 16.5. The summed E-state index contributed by atoms with van der Waals surface area (Å²) in [4.78, 5) is 13.3. The van der Waals surface area contributed by atoms with Crippen molar-refractivity contribution in [1.29, 1.82) is 0 Å². The summed E-state index contributed by atoms with van der Waals surface area (Å²) in [5.74, 6) is 6.02. The van der Waals surface area contributed by atoms with Gasteiger partial charge in [0.1, 0.15) is 6.10 Å². The van der Waals surface area contributed by atoms with Crippen LogP contribution in [0.3, 0.4) is 0 Å². The number of ether oxygens (including phenoxy) is 1. The molecular formula is C49H90O2. The molecule has 298 valence electrons. The van der Waals surface area contributed by atoms with Gasteiger partial charge in [-0.25, -0.2) is 0 Å². The second-order valence-corrected chi connectivity index (χ2v) is 20.1. The Labute approximate surface area is 320 Å². The molecule has 0 aliphatic heterocycles. The van der Waals surface area contributed by atoms with Crippen LogP contribution in [0.4, 0.5) is 0 Å². The van der Waals surface area contributed by atoms with E-state index in [1.165, 1.54) is 186 Å². The van der Waals surface area contributed by atoms with Crippen LogP contribution in [0.5, 0.6) is 0 Å². The molecule has 4 aliphatic carbocycles. The third-order valence-electron chi connectivity index (χ3n) is 16.1. The lowest BCUT2D eigenvalue weighted by atomic mass is 9.44. The van der Waals surface area contributed by atoms with Gasteiger partial charge in [0.15, 0.2) is 0 Å². The zero-order chi connectivity index (χ0) is 36.5. The van der Waals surface area contributed by atoms with Crippen LogP contribution in [-0.4, -0.2) is 12.1 Å². The summed E-state index contributed by atoms with van der Waals surface area (Å²) in [6, 6.07) is 0. The van der Waals surface area contributed by atoms with E-state index >= 15 is 0 Å². The SMILES string of the molecule is CCCCCCCCCCCCCCCCCCCCCC(=O)OC1CCC[C@@H]2CC[C@@H]3[C@@H]4CC[C@@H]([C@@H](C)CCCC(C)C)[C@@]4(C)CC[C@@H]3[C@@]12C. The molecule has 2 heteroatoms. The summed E-state index contributed by atoms with van der Waals surface area (Å²) < 4.78 is 6.57. The Morgan fingerprint density at radius 3 is 1.75 bits per heavy atom. The summed E-state index contributed by atoms with van der Waals surface area (Å²) in [7, 11) is 0. The van der Waals surface area contributed by atoms with Crippen molar-refractivity contribution in [3.63, 3.8) is 0 Å². The molecule has 4 saturated carbocycles. The van der Waals surface area contributed by atoms with Gasteiger partial charge in [-0.2, -0.15) is 0 Å². The average molecular weight is 711 g/mol. The van der Waals surface area contributed by atoms with E-state index in [0.717, 1.165) is 54.3 Å². The van der Waals surface area contributed by atoms with Crippen molar-refractivity contribution >= 4 is 5.97 Å². The van der Waals surface area contributed by atoms with Gasteiger partial charge >= 0.3 is 5.97 Å². The number of carbonyl (C=O) groups is 1. The van der Waals surface area contributed by atoms with Crippen LogP contribution in [0.1, 0.15) is 247 Å². The summed E-state index contributed by atoms with van der Waals surface area (Å²) in [6.07, 6.45) is 43.7. The van der Waals surface area contributed by atoms with Gasteiger partial charge in [0.25, 0.3) is 0 Å². The van der Waals surface area contributed by atoms with Gasteiger partial charge < -0.3 is 4.74 Å². The van der Waals surface area contributed by atoms with E-state index in [2.05, 4.69) is 41.5 Å². The molecule has 0 heterocycles. The molecule has 2 nitrogen and oxygen atoms in total. The van der Waals surface area contributed by atoms with E-state index in [-0.39, 0.29) is 17.5 Å². The van der Waals surface area contributed by atoms with E-state index in [4.69, 9.17) is 4.74 Å². The van der Waals surface area contributed by atoms with Crippen molar-refractivity contribution in [3.8, 4) is 0 Å². The first-order valence-corrected chi connectivity index (χ1v) is 23.9. The fourth-order valence-electron chi connectivity index (χ4n) is 13.1. The molecule has 0 aromatic rings. The van der Waals surface area contributed by atoms with Gasteiger partial charge in [-0.05, 0) is 111 Å². The Kier molecular flexibility index (Phi) is 19.3. The smallest absolute Gasteiger partial charge is 0.306 e. The molecule has 0 amide bonds. The van der Waals surface area contributed by atoms with Gasteiger partial charge in [0, 0.05) is 11.8 Å². The monoisotopic (exact) mass is 711 g/mol. The molecule has 4 fully saturated rings. The lowest BCUT2D eigenvalue weighted by molar-refractivity contribution is -0.192. The van der Waals surface area contributed by atoms with Gasteiger partial charge in [-0.3, -0.25) is 4.79 Å². The van der Waals surface area contributed by atoms with E-state index in [1.54, 1.807) is 0 Å². The quantitative estimate of drug-likeness (QED) is 0.0660. The summed E-state index contributed by atoms with van der Waals surface area (Å²) in [6.45, 7) is 15.0. The standard InChI is InChI=1S/C49H90O2/c1-7-8-9-10-11-12-13-14-15-16-17-18-19-20-21-22-23-24-25-32-47(50)51-46-31-27-30-41-33-34-42-44-36-35-43(40(4)29-26-28-39(2)3)48(44,5)38-37-45(42)49(41,46)6/h39-46H,7-38H2,1-6H3/t40-,41+,42+,43-,44-,45-,46?,48+,49-/m0/s1. The topological polar surface area (TPSA) is 26.3 Å². The molecule has 0 radical (unpaired) electrons. The van der Waals surface area contributed by atoms with Crippen molar-refractivity contribution in [3.05, 3.63) is 0 Å². The van der Waals surface area contributed by atoms with Crippen LogP contribution >= 0.6 is 0 Å². The fraction of sp³-hybridized carbons (Fsp3) is 0.980. The second kappa shape index (κ2) is 22.8. The maximum Gasteiger partial charge on any atom is 0.306 e. The van der Waals surface area contributed by atoms with Crippen LogP contribution in [-0.2, 0) is 9.53 Å². The zero-order valence-corrected chi connectivity index (χ0v) is 35.6. The minimum absolute atomic E-state index is 0.118. The molecule has 4 rings (SSSR count). The second-order valence-electron chi connectivity index (χ2n) is 20.1. The Balaban J connectivity index is 1.09. The molecule has 51 heavy (non-hydrogen) atoms. The number of unbranched alkanes of at least 4 members (excludes halogenated alkanes) is 18. The minimum Gasteiger partial charge on any atom is -0.462 e. The maximum absolute atomic E-state index is 13.3. The fourth-order valence-corrected chi connectivity index (χ4v) is 13.1. The van der Waals surface area contributed by atoms with E-state index in [1.807, 2.05) is 0 Å². The molecule has 0 spiro atoms. The third kappa shape index (κ3) is 12.5. The summed E-state index contributed by atoms with van der Waals surface area (Å²) >= 11 is 0. The van der Waals surface area contributed by atoms with Crippen LogP contribution in [0.15, 0.2) is 0 Å². The van der Waals surface area contributed by atoms with Crippen LogP contribution < -0.4 is 0 Å². The van der Waals surface area contributed by atoms with E-state index < -0.39 is 0 Å². The van der Waals surface area contributed by atoms with E-state index in [9.17, 15) is 4.79 Å². The lowest BCUT2D eigenvalue weighted by Gasteiger charge is -2.62. The Morgan fingerprint density at radius 1 is 0.608 bits per heavy atom. The van der Waals surface area contributed by atoms with Crippen molar-refractivity contribution in [1.82, 2.24) is 0 Å². The van der Waals surface area contributed by atoms with E-state index in [0.29, 0.717) is 11.8 Å². The van der Waals surface area contributed by atoms with Gasteiger partial charge in [0.2, 0.25) is 0 Å². The highest BCUT2D eigenvalue weighted by molar-refractivity contribution is 5.69. The Bertz CT molecular complexity index is 940. The van der Waals surface area contributed by atoms with Gasteiger partial charge in [-0.15, -0.1) is 0 Å². The molecule has 0 N–H and O–H groups in total. The number of hydrogen-bond donors (Lipinski definition) is 0. The highest BCUT2D eigenvalue weighted by Crippen LogP contribution is 2.68. The largest absolute Gasteiger partial charge is 0.462 e. The van der Waals surface area contributed by atoms with Crippen molar-refractivity contribution in [2.75, 3.05) is 0 Å². The Hall–Kier alpha value is -0.530. The first-order chi connectivity index (χ1) is 24.7. The predicted octanol–water partition coefficient (Wildman–Crippen LogP) is 15.8. The molecule has 0 saturated heterocycles. The lowest BCUT2D eigenvalue weighted by Crippen LogP contribution is -2.58. The van der Waals surface area contributed by atoms with Crippen LogP contribution in [0.2, 0.25) is 0 Å². The number of fused-ring (bicyclic) bond motifs is 5. The number of esters is 1. The predicted molar refractivity (Wildman–Crippen MR) is 221 cm³/mol. The van der Waals surface area contributed by atoms with Crippen LogP contribution in [0, 0.1) is 52.3 Å². The molecule has 0 bridgehead atoms. The third-order valence-corrected chi connectivity index (χ3v) is 16.1. The van der Waals surface area contributed by atoms with Crippen molar-refractivity contribution < 1.29 is 9.53 Å². The molecule has 0 aromatic heterocycles. The molecule has 9 atom stereocenters. The Morgan fingerprint density at radius 2 is 1.18 bits per heavy atom. The number of hydrogen-bond acceptors (Lipinski definition) is 2. The summed E-state index contributed by atoms with van der Waals surface area (Å²) in [5.41, 5.74) is 0.738. The highest BCUT2D eigenvalue weighted by Gasteiger charge is 2.62. The van der Waals surface area contributed by atoms with Crippen LogP contribution in [0.25, 0.3) is 0 Å². The van der Waals surface area contributed by atoms with Crippen molar-refractivity contribution in [2.45, 2.75) is 253 Å². The summed E-state index contributed by atoms with van der Waals surface area (Å²) in [5, 5.41) is 0. The van der Waals surface area contributed by atoms with Gasteiger partial charge in [0.05, 0.1) is 0 Å². The average Bonchev–Trinajstić information content (AvgIpc) is 3.47. The maximum atomic E-state index is 13.3. The van der Waals surface area contributed by atoms with Crippen molar-refractivity contribution in [2.24, 2.45) is 52.3 Å². The first kappa shape index (κ1) is 43.2. The zero-order valence-electron chi connectivity index (χ0n) is 35.6.